The van der Waals surface area contributed by atoms with Crippen molar-refractivity contribution in [2.45, 2.75) is 12.3 Å². The van der Waals surface area contributed by atoms with Crippen molar-refractivity contribution in [2.24, 2.45) is 5.92 Å². The van der Waals surface area contributed by atoms with Crippen molar-refractivity contribution in [1.82, 2.24) is 10.2 Å². The molecule has 1 N–H and O–H groups in total. The van der Waals surface area contributed by atoms with Crippen molar-refractivity contribution in [1.29, 1.82) is 0 Å². The van der Waals surface area contributed by atoms with Crippen molar-refractivity contribution in [3.05, 3.63) is 78.4 Å². The molecule has 3 rings (SSSR count). The third-order valence-corrected chi connectivity index (χ3v) is 5.14. The molecule has 1 aliphatic rings. The normalized spacial score (nSPS) is 19.0. The summed E-state index contributed by atoms with van der Waals surface area (Å²) < 4.78 is 5.17. The number of likely N-dealkylation sites (tertiary alicyclic amines) is 1. The highest BCUT2D eigenvalue weighted by Gasteiger charge is 2.34. The second-order valence-corrected chi connectivity index (χ2v) is 7.01. The van der Waals surface area contributed by atoms with Gasteiger partial charge in [0.15, 0.2) is 0 Å². The van der Waals surface area contributed by atoms with Gasteiger partial charge in [0, 0.05) is 31.1 Å². The Balaban J connectivity index is 1.82. The van der Waals surface area contributed by atoms with E-state index < -0.39 is 0 Å². The van der Waals surface area contributed by atoms with E-state index in [1.165, 1.54) is 0 Å². The van der Waals surface area contributed by atoms with Gasteiger partial charge in [-0.05, 0) is 36.2 Å². The van der Waals surface area contributed by atoms with E-state index in [9.17, 15) is 9.59 Å². The summed E-state index contributed by atoms with van der Waals surface area (Å²) in [7, 11) is 1.60. The summed E-state index contributed by atoms with van der Waals surface area (Å²) in [5.74, 6) is 0.481. The van der Waals surface area contributed by atoms with E-state index in [1.807, 2.05) is 18.2 Å². The third kappa shape index (κ3) is 4.60. The van der Waals surface area contributed by atoms with E-state index in [0.29, 0.717) is 30.9 Å². The predicted octanol–water partition coefficient (Wildman–Crippen LogP) is 3.24. The van der Waals surface area contributed by atoms with Crippen molar-refractivity contribution < 1.29 is 14.3 Å². The molecular weight excluding hydrogens is 352 g/mol. The summed E-state index contributed by atoms with van der Waals surface area (Å²) in [4.78, 5) is 27.5. The summed E-state index contributed by atoms with van der Waals surface area (Å²) in [6.07, 6.45) is 2.38. The largest absolute Gasteiger partial charge is 0.497 e. The average Bonchev–Trinajstić information content (AvgIpc) is 2.77. The number of nitrogens with zero attached hydrogens (tertiary/aromatic N) is 1. The minimum Gasteiger partial charge on any atom is -0.497 e. The maximum Gasteiger partial charge on any atom is 0.253 e. The van der Waals surface area contributed by atoms with Gasteiger partial charge in [0.1, 0.15) is 5.75 Å². The zero-order valence-corrected chi connectivity index (χ0v) is 16.1. The van der Waals surface area contributed by atoms with Gasteiger partial charge in [-0.15, -0.1) is 6.58 Å². The number of ether oxygens (including phenoxy) is 1. The van der Waals surface area contributed by atoms with Crippen molar-refractivity contribution >= 4 is 11.8 Å². The molecule has 2 amide bonds. The van der Waals surface area contributed by atoms with Crippen LogP contribution in [0.4, 0.5) is 0 Å². The van der Waals surface area contributed by atoms with E-state index in [2.05, 4.69) is 24.0 Å². The first-order valence-corrected chi connectivity index (χ1v) is 9.49. The second-order valence-electron chi connectivity index (χ2n) is 7.01. The molecule has 0 aliphatic carbocycles. The first-order chi connectivity index (χ1) is 13.6. The zero-order valence-electron chi connectivity index (χ0n) is 16.1. The van der Waals surface area contributed by atoms with Crippen LogP contribution in [0.15, 0.2) is 67.3 Å². The highest BCUT2D eigenvalue weighted by atomic mass is 16.5. The monoisotopic (exact) mass is 378 g/mol. The van der Waals surface area contributed by atoms with Crippen LogP contribution >= 0.6 is 0 Å². The average molecular weight is 378 g/mol. The fraction of sp³-hybridized carbons (Fsp3) is 0.304. The second kappa shape index (κ2) is 9.22. The smallest absolute Gasteiger partial charge is 0.253 e. The van der Waals surface area contributed by atoms with Gasteiger partial charge in [0.05, 0.1) is 13.0 Å². The molecule has 0 radical (unpaired) electrons. The van der Waals surface area contributed by atoms with Gasteiger partial charge in [0.25, 0.3) is 5.91 Å². The fourth-order valence-electron chi connectivity index (χ4n) is 3.65. The van der Waals surface area contributed by atoms with Crippen LogP contribution in [0.2, 0.25) is 0 Å². The Morgan fingerprint density at radius 3 is 2.50 bits per heavy atom. The molecule has 1 aliphatic heterocycles. The maximum atomic E-state index is 13.1. The lowest BCUT2D eigenvalue weighted by Gasteiger charge is -2.37. The van der Waals surface area contributed by atoms with Gasteiger partial charge in [-0.3, -0.25) is 9.59 Å². The number of hydrogen-bond acceptors (Lipinski definition) is 3. The summed E-state index contributed by atoms with van der Waals surface area (Å²) in [5.41, 5.74) is 1.75. The molecule has 1 fully saturated rings. The first kappa shape index (κ1) is 19.7. The Bertz CT molecular complexity index is 818. The van der Waals surface area contributed by atoms with Crippen LogP contribution in [0.25, 0.3) is 0 Å². The van der Waals surface area contributed by atoms with E-state index in [4.69, 9.17) is 4.74 Å². The lowest BCUT2D eigenvalue weighted by Crippen LogP contribution is -2.48. The standard InChI is InChI=1S/C23H26N2O3/c1-3-13-24-22(26)20-14-19(17-7-5-4-6-8-17)15-25(16-20)23(27)18-9-11-21(28-2)12-10-18/h3-12,19-20H,1,13-16H2,2H3,(H,24,26)/t19-,20+/m0/s1. The number of carbonyl (C=O) groups excluding carboxylic acids is 2. The van der Waals surface area contributed by atoms with E-state index in [0.717, 1.165) is 12.0 Å². The Labute approximate surface area is 166 Å². The quantitative estimate of drug-likeness (QED) is 0.785. The molecule has 5 heteroatoms. The number of methoxy groups -OCH3 is 1. The molecule has 0 unspecified atom stereocenters. The highest BCUT2D eigenvalue weighted by Crippen LogP contribution is 2.31. The number of hydrogen-bond donors (Lipinski definition) is 1. The lowest BCUT2D eigenvalue weighted by atomic mass is 9.83. The summed E-state index contributed by atoms with van der Waals surface area (Å²) in [5, 5.41) is 2.88. The van der Waals surface area contributed by atoms with Crippen molar-refractivity contribution in [3.63, 3.8) is 0 Å². The van der Waals surface area contributed by atoms with Crippen LogP contribution < -0.4 is 10.1 Å². The molecule has 0 aromatic heterocycles. The highest BCUT2D eigenvalue weighted by molar-refractivity contribution is 5.95. The van der Waals surface area contributed by atoms with Crippen LogP contribution in [-0.2, 0) is 4.79 Å². The van der Waals surface area contributed by atoms with E-state index in [-0.39, 0.29) is 23.7 Å². The minimum atomic E-state index is -0.249. The lowest BCUT2D eigenvalue weighted by molar-refractivity contribution is -0.126. The van der Waals surface area contributed by atoms with Crippen LogP contribution in [0.1, 0.15) is 28.3 Å². The van der Waals surface area contributed by atoms with Crippen LogP contribution in [-0.4, -0.2) is 43.5 Å². The van der Waals surface area contributed by atoms with Gasteiger partial charge in [0.2, 0.25) is 5.91 Å². The summed E-state index contributed by atoms with van der Waals surface area (Å²) in [6.45, 7) is 5.09. The number of benzene rings is 2. The summed E-state index contributed by atoms with van der Waals surface area (Å²) >= 11 is 0. The molecule has 5 nitrogen and oxygen atoms in total. The Hall–Kier alpha value is -3.08. The molecule has 2 aromatic carbocycles. The molecule has 1 heterocycles. The number of piperidine rings is 1. The first-order valence-electron chi connectivity index (χ1n) is 9.49. The van der Waals surface area contributed by atoms with Crippen molar-refractivity contribution in [2.75, 3.05) is 26.7 Å². The van der Waals surface area contributed by atoms with Gasteiger partial charge >= 0.3 is 0 Å². The number of rotatable bonds is 6. The fourth-order valence-corrected chi connectivity index (χ4v) is 3.65. The van der Waals surface area contributed by atoms with Crippen LogP contribution in [0, 0.1) is 5.92 Å². The Morgan fingerprint density at radius 1 is 1.14 bits per heavy atom. The number of nitrogens with one attached hydrogen (secondary N) is 1. The third-order valence-electron chi connectivity index (χ3n) is 5.14. The number of amides is 2. The molecule has 2 atom stereocenters. The molecule has 0 spiro atoms. The molecule has 0 bridgehead atoms. The molecule has 28 heavy (non-hydrogen) atoms. The topological polar surface area (TPSA) is 58.6 Å². The van der Waals surface area contributed by atoms with E-state index in [1.54, 1.807) is 42.4 Å². The molecule has 1 saturated heterocycles. The van der Waals surface area contributed by atoms with Gasteiger partial charge < -0.3 is 15.0 Å². The van der Waals surface area contributed by atoms with Gasteiger partial charge in [-0.2, -0.15) is 0 Å². The molecule has 0 saturated carbocycles. The molecule has 146 valence electrons. The van der Waals surface area contributed by atoms with Gasteiger partial charge in [-0.1, -0.05) is 36.4 Å². The minimum absolute atomic E-state index is 0.0342. The zero-order chi connectivity index (χ0) is 19.9. The molecular formula is C23H26N2O3. The van der Waals surface area contributed by atoms with E-state index >= 15 is 0 Å². The van der Waals surface area contributed by atoms with Crippen LogP contribution in [0.3, 0.4) is 0 Å². The number of carbonyl (C=O) groups is 2. The maximum absolute atomic E-state index is 13.1. The Morgan fingerprint density at radius 2 is 1.86 bits per heavy atom. The van der Waals surface area contributed by atoms with Crippen molar-refractivity contribution in [3.8, 4) is 5.75 Å². The SMILES string of the molecule is C=CCNC(=O)[C@@H]1C[C@H](c2ccccc2)CN(C(=O)c2ccc(OC)cc2)C1. The predicted molar refractivity (Wildman–Crippen MR) is 109 cm³/mol. The summed E-state index contributed by atoms with van der Waals surface area (Å²) in [6, 6.07) is 17.2. The van der Waals surface area contributed by atoms with Crippen LogP contribution in [0.5, 0.6) is 5.75 Å². The van der Waals surface area contributed by atoms with Gasteiger partial charge in [-0.25, -0.2) is 0 Å². The Kier molecular flexibility index (Phi) is 6.48. The molecule has 2 aromatic rings.